The highest BCUT2D eigenvalue weighted by Gasteiger charge is 2.08. The third-order valence-electron chi connectivity index (χ3n) is 4.43. The number of phenolic OH excluding ortho intramolecular Hbond substituents is 1. The first-order valence-corrected chi connectivity index (χ1v) is 10.3. The van der Waals surface area contributed by atoms with E-state index in [9.17, 15) is 5.11 Å². The summed E-state index contributed by atoms with van der Waals surface area (Å²) in [6.45, 7) is 1.86. The van der Waals surface area contributed by atoms with Crippen molar-refractivity contribution in [1.82, 2.24) is 20.3 Å². The summed E-state index contributed by atoms with van der Waals surface area (Å²) in [5.41, 5.74) is 1.68. The molecule has 0 atom stereocenters. The van der Waals surface area contributed by atoms with Crippen molar-refractivity contribution >= 4 is 29.2 Å². The van der Waals surface area contributed by atoms with E-state index >= 15 is 0 Å². The number of anilines is 5. The summed E-state index contributed by atoms with van der Waals surface area (Å²) in [5.74, 6) is 1.60. The number of aromatic hydroxyl groups is 1. The van der Waals surface area contributed by atoms with Gasteiger partial charge >= 0.3 is 0 Å². The Bertz CT molecular complexity index is 888. The molecule has 2 aromatic carbocycles. The number of phenols is 1. The van der Waals surface area contributed by atoms with Crippen molar-refractivity contribution in [2.75, 3.05) is 36.1 Å². The van der Waals surface area contributed by atoms with Gasteiger partial charge in [0.05, 0.1) is 0 Å². The summed E-state index contributed by atoms with van der Waals surface area (Å²) in [7, 11) is 1.98. The number of hydrogen-bond donors (Lipinski definition) is 5. The van der Waals surface area contributed by atoms with E-state index in [0.717, 1.165) is 37.3 Å². The lowest BCUT2D eigenvalue weighted by Crippen LogP contribution is -2.11. The number of aromatic nitrogens is 3. The molecule has 0 radical (unpaired) electrons. The first-order chi connectivity index (χ1) is 14.7. The second-order valence-corrected chi connectivity index (χ2v) is 6.91. The summed E-state index contributed by atoms with van der Waals surface area (Å²) < 4.78 is 0. The maximum atomic E-state index is 9.47. The fourth-order valence-corrected chi connectivity index (χ4v) is 2.87. The fraction of sp³-hybridized carbons (Fsp3) is 0.318. The lowest BCUT2D eigenvalue weighted by atomic mass is 10.2. The van der Waals surface area contributed by atoms with Crippen LogP contribution in [0.3, 0.4) is 0 Å². The summed E-state index contributed by atoms with van der Waals surface area (Å²) in [6.07, 6.45) is 4.60. The SMILES string of the molecule is CNCCCCCCNc1nc(Nc2ccccc2)nc(Nc2ccc(O)cc2)n1. The first kappa shape index (κ1) is 21.3. The van der Waals surface area contributed by atoms with Crippen LogP contribution in [0.1, 0.15) is 25.7 Å². The summed E-state index contributed by atoms with van der Waals surface area (Å²) >= 11 is 0. The third-order valence-corrected chi connectivity index (χ3v) is 4.43. The Labute approximate surface area is 177 Å². The van der Waals surface area contributed by atoms with E-state index in [1.165, 1.54) is 12.8 Å². The highest BCUT2D eigenvalue weighted by molar-refractivity contribution is 5.59. The van der Waals surface area contributed by atoms with Crippen molar-refractivity contribution < 1.29 is 5.11 Å². The number of rotatable bonds is 12. The zero-order valence-electron chi connectivity index (χ0n) is 17.2. The molecule has 3 rings (SSSR count). The Morgan fingerprint density at radius 1 is 0.667 bits per heavy atom. The number of unbranched alkanes of at least 4 members (excludes halogenated alkanes) is 3. The van der Waals surface area contributed by atoms with Crippen LogP contribution in [-0.4, -0.2) is 40.2 Å². The van der Waals surface area contributed by atoms with Gasteiger partial charge in [-0.15, -0.1) is 0 Å². The van der Waals surface area contributed by atoms with Gasteiger partial charge in [-0.2, -0.15) is 15.0 Å². The molecule has 0 aliphatic heterocycles. The van der Waals surface area contributed by atoms with Crippen LogP contribution >= 0.6 is 0 Å². The van der Waals surface area contributed by atoms with Crippen LogP contribution in [0.5, 0.6) is 5.75 Å². The van der Waals surface area contributed by atoms with Crippen LogP contribution in [0.4, 0.5) is 29.2 Å². The monoisotopic (exact) mass is 407 g/mol. The zero-order valence-corrected chi connectivity index (χ0v) is 17.2. The standard InChI is InChI=1S/C22H29N7O/c1-23-15-7-2-3-8-16-24-20-27-21(25-17-9-5-4-6-10-17)29-22(28-20)26-18-11-13-19(30)14-12-18/h4-6,9-14,23,30H,2-3,7-8,15-16H2,1H3,(H3,24,25,26,27,28,29). The average molecular weight is 408 g/mol. The molecule has 0 saturated carbocycles. The van der Waals surface area contributed by atoms with E-state index < -0.39 is 0 Å². The van der Waals surface area contributed by atoms with Gasteiger partial charge in [-0.3, -0.25) is 0 Å². The summed E-state index contributed by atoms with van der Waals surface area (Å²) in [4.78, 5) is 13.5. The smallest absolute Gasteiger partial charge is 0.233 e. The molecule has 0 fully saturated rings. The number of para-hydroxylation sites is 1. The Morgan fingerprint density at radius 3 is 1.87 bits per heavy atom. The number of benzene rings is 2. The van der Waals surface area contributed by atoms with Gasteiger partial charge in [0.2, 0.25) is 17.8 Å². The summed E-state index contributed by atoms with van der Waals surface area (Å²) in [5, 5.41) is 22.3. The molecule has 0 unspecified atom stereocenters. The van der Waals surface area contributed by atoms with Crippen molar-refractivity contribution in [3.8, 4) is 5.75 Å². The van der Waals surface area contributed by atoms with Gasteiger partial charge in [0.25, 0.3) is 0 Å². The van der Waals surface area contributed by atoms with Gasteiger partial charge < -0.3 is 26.4 Å². The predicted octanol–water partition coefficient (Wildman–Crippen LogP) is 4.26. The van der Waals surface area contributed by atoms with Crippen molar-refractivity contribution in [1.29, 1.82) is 0 Å². The quantitative estimate of drug-likeness (QED) is 0.224. The van der Waals surface area contributed by atoms with Gasteiger partial charge in [0.15, 0.2) is 0 Å². The molecule has 158 valence electrons. The maximum Gasteiger partial charge on any atom is 0.233 e. The van der Waals surface area contributed by atoms with Gasteiger partial charge in [-0.25, -0.2) is 0 Å². The summed E-state index contributed by atoms with van der Waals surface area (Å²) in [6, 6.07) is 16.5. The number of hydrogen-bond acceptors (Lipinski definition) is 8. The topological polar surface area (TPSA) is 107 Å². The predicted molar refractivity (Wildman–Crippen MR) is 122 cm³/mol. The van der Waals surface area contributed by atoms with E-state index in [2.05, 4.69) is 36.2 Å². The Kier molecular flexibility index (Phi) is 8.23. The molecule has 0 saturated heterocycles. The highest BCUT2D eigenvalue weighted by atomic mass is 16.3. The van der Waals surface area contributed by atoms with Crippen LogP contribution in [0.15, 0.2) is 54.6 Å². The normalized spacial score (nSPS) is 10.6. The highest BCUT2D eigenvalue weighted by Crippen LogP contribution is 2.20. The van der Waals surface area contributed by atoms with Crippen molar-refractivity contribution in [2.45, 2.75) is 25.7 Å². The average Bonchev–Trinajstić information content (AvgIpc) is 2.75. The van der Waals surface area contributed by atoms with Crippen LogP contribution < -0.4 is 21.3 Å². The van der Waals surface area contributed by atoms with E-state index in [0.29, 0.717) is 17.8 Å². The van der Waals surface area contributed by atoms with Gasteiger partial charge in [-0.1, -0.05) is 31.0 Å². The molecule has 1 heterocycles. The Hall–Kier alpha value is -3.39. The Balaban J connectivity index is 1.66. The second kappa shape index (κ2) is 11.6. The molecule has 1 aromatic heterocycles. The maximum absolute atomic E-state index is 9.47. The van der Waals surface area contributed by atoms with Gasteiger partial charge in [-0.05, 0) is 62.8 Å². The molecule has 8 heteroatoms. The van der Waals surface area contributed by atoms with Crippen molar-refractivity contribution in [3.63, 3.8) is 0 Å². The van der Waals surface area contributed by atoms with Crippen LogP contribution in [0.25, 0.3) is 0 Å². The molecule has 0 aliphatic rings. The minimum Gasteiger partial charge on any atom is -0.508 e. The van der Waals surface area contributed by atoms with E-state index in [1.54, 1.807) is 24.3 Å². The second-order valence-electron chi connectivity index (χ2n) is 6.91. The molecule has 30 heavy (non-hydrogen) atoms. The first-order valence-electron chi connectivity index (χ1n) is 10.3. The lowest BCUT2D eigenvalue weighted by molar-refractivity contribution is 0.475. The number of nitrogens with zero attached hydrogens (tertiary/aromatic N) is 3. The van der Waals surface area contributed by atoms with Crippen LogP contribution in [0, 0.1) is 0 Å². The fourth-order valence-electron chi connectivity index (χ4n) is 2.87. The zero-order chi connectivity index (χ0) is 21.0. The minimum absolute atomic E-state index is 0.208. The molecule has 8 nitrogen and oxygen atoms in total. The molecular weight excluding hydrogens is 378 g/mol. The van der Waals surface area contributed by atoms with Crippen LogP contribution in [-0.2, 0) is 0 Å². The molecular formula is C22H29N7O. The third kappa shape index (κ3) is 7.21. The molecule has 0 bridgehead atoms. The molecule has 0 spiro atoms. The van der Waals surface area contributed by atoms with E-state index in [-0.39, 0.29) is 5.75 Å². The van der Waals surface area contributed by atoms with Gasteiger partial charge in [0, 0.05) is 17.9 Å². The molecule has 0 amide bonds. The van der Waals surface area contributed by atoms with Crippen molar-refractivity contribution in [3.05, 3.63) is 54.6 Å². The molecule has 3 aromatic rings. The largest absolute Gasteiger partial charge is 0.508 e. The van der Waals surface area contributed by atoms with E-state index in [4.69, 9.17) is 0 Å². The van der Waals surface area contributed by atoms with Crippen molar-refractivity contribution in [2.24, 2.45) is 0 Å². The molecule has 5 N–H and O–H groups in total. The number of nitrogens with one attached hydrogen (secondary N) is 4. The minimum atomic E-state index is 0.208. The van der Waals surface area contributed by atoms with E-state index in [1.807, 2.05) is 37.4 Å². The van der Waals surface area contributed by atoms with Crippen LogP contribution in [0.2, 0.25) is 0 Å². The molecule has 0 aliphatic carbocycles. The van der Waals surface area contributed by atoms with Gasteiger partial charge in [0.1, 0.15) is 5.75 Å². The Morgan fingerprint density at radius 2 is 1.23 bits per heavy atom. The lowest BCUT2D eigenvalue weighted by Gasteiger charge is -2.11.